The minimum atomic E-state index is -3.99. The van der Waals surface area contributed by atoms with E-state index in [4.69, 9.17) is 0 Å². The van der Waals surface area contributed by atoms with Crippen LogP contribution < -0.4 is 5.32 Å². The molecule has 0 heterocycles. The number of hydrogen-bond donors (Lipinski definition) is 1. The SMILES string of the molecule is CC1CCC(NCCCCC(F)(F)F)CC1C. The van der Waals surface area contributed by atoms with E-state index in [0.717, 1.165) is 18.4 Å². The zero-order valence-corrected chi connectivity index (χ0v) is 10.8. The van der Waals surface area contributed by atoms with Gasteiger partial charge in [-0.25, -0.2) is 0 Å². The first kappa shape index (κ1) is 14.8. The first-order valence-corrected chi connectivity index (χ1v) is 6.68. The van der Waals surface area contributed by atoms with E-state index in [9.17, 15) is 13.2 Å². The van der Waals surface area contributed by atoms with Gasteiger partial charge in [-0.2, -0.15) is 13.2 Å². The van der Waals surface area contributed by atoms with Crippen molar-refractivity contribution in [2.24, 2.45) is 11.8 Å². The highest BCUT2D eigenvalue weighted by Gasteiger charge is 2.26. The Hall–Kier alpha value is -0.250. The normalized spacial score (nSPS) is 30.5. The summed E-state index contributed by atoms with van der Waals surface area (Å²) < 4.78 is 35.7. The molecule has 1 saturated carbocycles. The first-order valence-electron chi connectivity index (χ1n) is 6.68. The fourth-order valence-corrected chi connectivity index (χ4v) is 2.49. The molecule has 1 fully saturated rings. The summed E-state index contributed by atoms with van der Waals surface area (Å²) in [7, 11) is 0. The maximum atomic E-state index is 11.9. The summed E-state index contributed by atoms with van der Waals surface area (Å²) in [6.07, 6.45) is -0.191. The lowest BCUT2D eigenvalue weighted by Gasteiger charge is -2.32. The molecule has 0 aromatic carbocycles. The molecule has 1 N–H and O–H groups in total. The molecule has 0 spiro atoms. The summed E-state index contributed by atoms with van der Waals surface area (Å²) in [5, 5.41) is 3.39. The topological polar surface area (TPSA) is 12.0 Å². The Morgan fingerprint density at radius 3 is 2.35 bits per heavy atom. The predicted molar refractivity (Wildman–Crippen MR) is 63.9 cm³/mol. The molecule has 3 unspecified atom stereocenters. The molecule has 4 heteroatoms. The smallest absolute Gasteiger partial charge is 0.314 e. The molecule has 0 saturated heterocycles. The van der Waals surface area contributed by atoms with Gasteiger partial charge in [0, 0.05) is 12.5 Å². The van der Waals surface area contributed by atoms with Crippen LogP contribution in [0.15, 0.2) is 0 Å². The van der Waals surface area contributed by atoms with E-state index in [0.29, 0.717) is 12.5 Å². The van der Waals surface area contributed by atoms with E-state index < -0.39 is 12.6 Å². The van der Waals surface area contributed by atoms with Crippen LogP contribution in [0.2, 0.25) is 0 Å². The van der Waals surface area contributed by atoms with Gasteiger partial charge in [0.2, 0.25) is 0 Å². The Labute approximate surface area is 102 Å². The van der Waals surface area contributed by atoms with Gasteiger partial charge in [0.05, 0.1) is 0 Å². The molecule has 0 bridgehead atoms. The molecule has 0 aromatic heterocycles. The Morgan fingerprint density at radius 2 is 1.76 bits per heavy atom. The third-order valence-electron chi connectivity index (χ3n) is 3.92. The second-order valence-electron chi connectivity index (χ2n) is 5.49. The van der Waals surface area contributed by atoms with Crippen molar-refractivity contribution in [2.75, 3.05) is 6.54 Å². The quantitative estimate of drug-likeness (QED) is 0.724. The lowest BCUT2D eigenvalue weighted by Crippen LogP contribution is -2.36. The third kappa shape index (κ3) is 6.29. The fraction of sp³-hybridized carbons (Fsp3) is 1.00. The van der Waals surface area contributed by atoms with Gasteiger partial charge < -0.3 is 5.32 Å². The summed E-state index contributed by atoms with van der Waals surface area (Å²) in [6.45, 7) is 5.27. The molecule has 17 heavy (non-hydrogen) atoms. The third-order valence-corrected chi connectivity index (χ3v) is 3.92. The number of rotatable bonds is 5. The predicted octanol–water partition coefficient (Wildman–Crippen LogP) is 4.13. The Morgan fingerprint density at radius 1 is 1.06 bits per heavy atom. The summed E-state index contributed by atoms with van der Waals surface area (Å²) in [5.74, 6) is 1.52. The van der Waals surface area contributed by atoms with Crippen LogP contribution in [0.4, 0.5) is 13.2 Å². The van der Waals surface area contributed by atoms with Crippen molar-refractivity contribution in [1.29, 1.82) is 0 Å². The average Bonchev–Trinajstić information content (AvgIpc) is 2.21. The van der Waals surface area contributed by atoms with E-state index in [1.807, 2.05) is 0 Å². The van der Waals surface area contributed by atoms with E-state index in [2.05, 4.69) is 19.2 Å². The van der Waals surface area contributed by atoms with Gasteiger partial charge >= 0.3 is 6.18 Å². The summed E-state index contributed by atoms with van der Waals surface area (Å²) in [5.41, 5.74) is 0. The van der Waals surface area contributed by atoms with Crippen LogP contribution in [0.3, 0.4) is 0 Å². The molecule has 1 aliphatic rings. The van der Waals surface area contributed by atoms with E-state index in [1.54, 1.807) is 0 Å². The number of unbranched alkanes of at least 4 members (excludes halogenated alkanes) is 1. The second kappa shape index (κ2) is 6.62. The molecule has 0 amide bonds. The Balaban J connectivity index is 2.04. The van der Waals surface area contributed by atoms with Crippen LogP contribution in [0.1, 0.15) is 52.4 Å². The monoisotopic (exact) mass is 251 g/mol. The van der Waals surface area contributed by atoms with Crippen LogP contribution in [-0.4, -0.2) is 18.8 Å². The highest BCUT2D eigenvalue weighted by Crippen LogP contribution is 2.29. The Kier molecular flexibility index (Phi) is 5.77. The van der Waals surface area contributed by atoms with Crippen LogP contribution in [0, 0.1) is 11.8 Å². The van der Waals surface area contributed by atoms with Crippen molar-refractivity contribution in [3.63, 3.8) is 0 Å². The second-order valence-corrected chi connectivity index (χ2v) is 5.49. The fourth-order valence-electron chi connectivity index (χ4n) is 2.49. The molecular weight excluding hydrogens is 227 g/mol. The zero-order valence-electron chi connectivity index (χ0n) is 10.8. The average molecular weight is 251 g/mol. The number of hydrogen-bond acceptors (Lipinski definition) is 1. The van der Waals surface area contributed by atoms with Gasteiger partial charge in [-0.05, 0) is 50.5 Å². The number of alkyl halides is 3. The van der Waals surface area contributed by atoms with Crippen LogP contribution in [-0.2, 0) is 0 Å². The number of halogens is 3. The van der Waals surface area contributed by atoms with Gasteiger partial charge in [-0.3, -0.25) is 0 Å². The Bertz CT molecular complexity index is 215. The maximum absolute atomic E-state index is 11.9. The molecular formula is C13H24F3N. The first-order chi connectivity index (χ1) is 7.88. The van der Waals surface area contributed by atoms with Crippen LogP contribution >= 0.6 is 0 Å². The van der Waals surface area contributed by atoms with Gasteiger partial charge in [-0.15, -0.1) is 0 Å². The lowest BCUT2D eigenvalue weighted by molar-refractivity contribution is -0.135. The summed E-state index contributed by atoms with van der Waals surface area (Å²) in [4.78, 5) is 0. The minimum absolute atomic E-state index is 0.245. The van der Waals surface area contributed by atoms with Crippen molar-refractivity contribution in [3.8, 4) is 0 Å². The highest BCUT2D eigenvalue weighted by molar-refractivity contribution is 4.79. The highest BCUT2D eigenvalue weighted by atomic mass is 19.4. The standard InChI is InChI=1S/C13H24F3N/c1-10-5-6-12(9-11(10)2)17-8-4-3-7-13(14,15)16/h10-12,17H,3-9H2,1-2H3. The van der Waals surface area contributed by atoms with Crippen molar-refractivity contribution >= 4 is 0 Å². The molecule has 1 aliphatic carbocycles. The molecule has 3 atom stereocenters. The van der Waals surface area contributed by atoms with E-state index in [1.165, 1.54) is 19.3 Å². The van der Waals surface area contributed by atoms with E-state index >= 15 is 0 Å². The van der Waals surface area contributed by atoms with E-state index in [-0.39, 0.29) is 6.42 Å². The molecule has 0 radical (unpaired) electrons. The van der Waals surface area contributed by atoms with Gasteiger partial charge in [0.25, 0.3) is 0 Å². The molecule has 1 rings (SSSR count). The molecule has 0 aliphatic heterocycles. The zero-order chi connectivity index (χ0) is 12.9. The van der Waals surface area contributed by atoms with Gasteiger partial charge in [0.1, 0.15) is 0 Å². The van der Waals surface area contributed by atoms with Crippen molar-refractivity contribution in [2.45, 2.75) is 64.6 Å². The van der Waals surface area contributed by atoms with Crippen molar-refractivity contribution in [1.82, 2.24) is 5.32 Å². The van der Waals surface area contributed by atoms with Crippen molar-refractivity contribution in [3.05, 3.63) is 0 Å². The molecule has 0 aromatic rings. The summed E-state index contributed by atoms with van der Waals surface area (Å²) >= 11 is 0. The van der Waals surface area contributed by atoms with Gasteiger partial charge in [-0.1, -0.05) is 13.8 Å². The van der Waals surface area contributed by atoms with Crippen LogP contribution in [0.5, 0.6) is 0 Å². The molecule has 102 valence electrons. The molecule has 1 nitrogen and oxygen atoms in total. The summed E-state index contributed by atoms with van der Waals surface area (Å²) in [6, 6.07) is 0.520. The van der Waals surface area contributed by atoms with Crippen LogP contribution in [0.25, 0.3) is 0 Å². The number of nitrogens with one attached hydrogen (secondary N) is 1. The lowest BCUT2D eigenvalue weighted by atomic mass is 9.79. The minimum Gasteiger partial charge on any atom is -0.314 e. The maximum Gasteiger partial charge on any atom is 0.389 e. The largest absolute Gasteiger partial charge is 0.389 e. The van der Waals surface area contributed by atoms with Gasteiger partial charge in [0.15, 0.2) is 0 Å². The van der Waals surface area contributed by atoms with Crippen molar-refractivity contribution < 1.29 is 13.2 Å².